The molecule has 0 aromatic heterocycles. The van der Waals surface area contributed by atoms with Crippen LogP contribution in [0.1, 0.15) is 19.8 Å². The van der Waals surface area contributed by atoms with Gasteiger partial charge in [0.1, 0.15) is 11.9 Å². The summed E-state index contributed by atoms with van der Waals surface area (Å²) in [7, 11) is 0. The molecule has 0 spiro atoms. The second-order valence-corrected chi connectivity index (χ2v) is 3.54. The molecule has 0 bridgehead atoms. The molecule has 0 aromatic carbocycles. The smallest absolute Gasteiger partial charge is 0.326 e. The highest BCUT2D eigenvalue weighted by Crippen LogP contribution is 2.24. The number of hydrogen-bond acceptors (Lipinski definition) is 2. The van der Waals surface area contributed by atoms with Crippen LogP contribution in [0.5, 0.6) is 0 Å². The van der Waals surface area contributed by atoms with Gasteiger partial charge in [0.05, 0.1) is 6.04 Å². The van der Waals surface area contributed by atoms with E-state index in [2.05, 4.69) is 11.8 Å². The summed E-state index contributed by atoms with van der Waals surface area (Å²) >= 11 is 5.44. The lowest BCUT2D eigenvalue weighted by atomic mass is 10.2. The molecule has 1 aliphatic heterocycles. The summed E-state index contributed by atoms with van der Waals surface area (Å²) < 4.78 is 0. The molecular weight excluding hydrogens is 218 g/mol. The lowest BCUT2D eigenvalue weighted by molar-refractivity contribution is -0.148. The van der Waals surface area contributed by atoms with E-state index in [4.69, 9.17) is 16.7 Å². The molecule has 0 radical (unpaired) electrons. The van der Waals surface area contributed by atoms with Crippen LogP contribution in [0, 0.1) is 11.8 Å². The summed E-state index contributed by atoms with van der Waals surface area (Å²) in [6.45, 7) is 1.66. The number of nitrogens with zero attached hydrogens (tertiary/aromatic N) is 1. The van der Waals surface area contributed by atoms with Crippen molar-refractivity contribution in [3.63, 3.8) is 0 Å². The van der Waals surface area contributed by atoms with Crippen LogP contribution >= 0.6 is 11.6 Å². The first-order valence-electron chi connectivity index (χ1n) is 4.64. The Balaban J connectivity index is 2.90. The van der Waals surface area contributed by atoms with E-state index in [1.165, 1.54) is 4.90 Å². The fourth-order valence-electron chi connectivity index (χ4n) is 1.78. The molecule has 1 rings (SSSR count). The molecule has 5 heteroatoms. The van der Waals surface area contributed by atoms with Gasteiger partial charge in [-0.15, -0.1) is 17.5 Å². The number of rotatable bonds is 2. The van der Waals surface area contributed by atoms with Crippen molar-refractivity contribution < 1.29 is 14.7 Å². The Hall–Kier alpha value is -1.21. The SMILES string of the molecule is CC#C[C@H]1CC[C@@H](C(=O)O)N1C(=O)CCl. The first-order valence-corrected chi connectivity index (χ1v) is 5.17. The van der Waals surface area contributed by atoms with Gasteiger partial charge >= 0.3 is 5.97 Å². The summed E-state index contributed by atoms with van der Waals surface area (Å²) in [5.74, 6) is 3.97. The molecule has 2 atom stereocenters. The summed E-state index contributed by atoms with van der Waals surface area (Å²) in [4.78, 5) is 23.7. The average Bonchev–Trinajstić information content (AvgIpc) is 2.61. The fourth-order valence-corrected chi connectivity index (χ4v) is 1.92. The number of halogens is 1. The van der Waals surface area contributed by atoms with Crippen LogP contribution in [0.2, 0.25) is 0 Å². The average molecular weight is 230 g/mol. The maximum atomic E-state index is 11.5. The Morgan fingerprint density at radius 2 is 2.20 bits per heavy atom. The molecule has 1 heterocycles. The summed E-state index contributed by atoms with van der Waals surface area (Å²) in [5.41, 5.74) is 0. The fraction of sp³-hybridized carbons (Fsp3) is 0.600. The highest BCUT2D eigenvalue weighted by Gasteiger charge is 2.39. The van der Waals surface area contributed by atoms with E-state index < -0.39 is 12.0 Å². The van der Waals surface area contributed by atoms with Crippen LogP contribution in [0.4, 0.5) is 0 Å². The van der Waals surface area contributed by atoms with Crippen LogP contribution in [-0.2, 0) is 9.59 Å². The van der Waals surface area contributed by atoms with E-state index in [1.807, 2.05) is 0 Å². The molecule has 1 N–H and O–H groups in total. The van der Waals surface area contributed by atoms with Gasteiger partial charge in [-0.2, -0.15) is 0 Å². The van der Waals surface area contributed by atoms with Gasteiger partial charge in [-0.1, -0.05) is 5.92 Å². The quantitative estimate of drug-likeness (QED) is 0.560. The number of carboxylic acid groups (broad SMARTS) is 1. The Labute approximate surface area is 93.2 Å². The molecule has 0 saturated carbocycles. The van der Waals surface area contributed by atoms with Gasteiger partial charge in [0.15, 0.2) is 0 Å². The Bertz CT molecular complexity index is 331. The van der Waals surface area contributed by atoms with Crippen molar-refractivity contribution in [1.82, 2.24) is 4.90 Å². The van der Waals surface area contributed by atoms with Gasteiger partial charge in [-0.05, 0) is 19.8 Å². The van der Waals surface area contributed by atoms with Gasteiger partial charge in [0.2, 0.25) is 5.91 Å². The highest BCUT2D eigenvalue weighted by atomic mass is 35.5. The van der Waals surface area contributed by atoms with E-state index in [9.17, 15) is 9.59 Å². The minimum Gasteiger partial charge on any atom is -0.480 e. The summed E-state index contributed by atoms with van der Waals surface area (Å²) in [6.07, 6.45) is 1.04. The minimum atomic E-state index is -0.992. The Kier molecular flexibility index (Phi) is 3.98. The van der Waals surface area contributed by atoms with Crippen LogP contribution in [0.3, 0.4) is 0 Å². The number of aliphatic carboxylic acids is 1. The number of hydrogen-bond donors (Lipinski definition) is 1. The molecule has 1 saturated heterocycles. The third-order valence-corrected chi connectivity index (χ3v) is 2.61. The molecule has 1 aliphatic rings. The van der Waals surface area contributed by atoms with Gasteiger partial charge in [-0.3, -0.25) is 4.79 Å². The number of carboxylic acids is 1. The van der Waals surface area contributed by atoms with E-state index in [-0.39, 0.29) is 17.8 Å². The van der Waals surface area contributed by atoms with Crippen molar-refractivity contribution in [2.75, 3.05) is 5.88 Å². The van der Waals surface area contributed by atoms with Gasteiger partial charge in [-0.25, -0.2) is 4.79 Å². The predicted octanol–water partition coefficient (Wildman–Crippen LogP) is 0.693. The van der Waals surface area contributed by atoms with Crippen LogP contribution in [0.25, 0.3) is 0 Å². The molecule has 0 aliphatic carbocycles. The molecule has 0 aromatic rings. The minimum absolute atomic E-state index is 0.203. The van der Waals surface area contributed by atoms with Crippen LogP contribution in [-0.4, -0.2) is 39.8 Å². The summed E-state index contributed by atoms with van der Waals surface area (Å²) in [5, 5.41) is 8.93. The van der Waals surface area contributed by atoms with Crippen molar-refractivity contribution in [2.24, 2.45) is 0 Å². The van der Waals surface area contributed by atoms with Gasteiger partial charge < -0.3 is 10.0 Å². The first-order chi connectivity index (χ1) is 7.11. The van der Waals surface area contributed by atoms with Crippen molar-refractivity contribution in [3.05, 3.63) is 0 Å². The normalized spacial score (nSPS) is 24.5. The van der Waals surface area contributed by atoms with E-state index in [0.717, 1.165) is 0 Å². The van der Waals surface area contributed by atoms with E-state index in [0.29, 0.717) is 12.8 Å². The summed E-state index contributed by atoms with van der Waals surface area (Å²) in [6, 6.07) is -1.08. The zero-order valence-electron chi connectivity index (χ0n) is 8.36. The predicted molar refractivity (Wildman–Crippen MR) is 55.5 cm³/mol. The third-order valence-electron chi connectivity index (χ3n) is 2.38. The van der Waals surface area contributed by atoms with Crippen LogP contribution < -0.4 is 0 Å². The van der Waals surface area contributed by atoms with E-state index >= 15 is 0 Å². The zero-order chi connectivity index (χ0) is 11.4. The molecule has 4 nitrogen and oxygen atoms in total. The first kappa shape index (κ1) is 11.9. The monoisotopic (exact) mass is 229 g/mol. The lowest BCUT2D eigenvalue weighted by Gasteiger charge is -2.24. The number of carbonyl (C=O) groups excluding carboxylic acids is 1. The van der Waals surface area contributed by atoms with Gasteiger partial charge in [0, 0.05) is 0 Å². The standard InChI is InChI=1S/C10H12ClNO3/c1-2-3-7-4-5-8(10(14)15)12(7)9(13)6-11/h7-8H,4-6H2,1H3,(H,14,15)/t7-,8-/m0/s1. The van der Waals surface area contributed by atoms with Crippen LogP contribution in [0.15, 0.2) is 0 Å². The molecular formula is C10H12ClNO3. The van der Waals surface area contributed by atoms with Gasteiger partial charge in [0.25, 0.3) is 0 Å². The third kappa shape index (κ3) is 2.42. The maximum Gasteiger partial charge on any atom is 0.326 e. The Morgan fingerprint density at radius 1 is 1.53 bits per heavy atom. The number of likely N-dealkylation sites (tertiary alicyclic amines) is 1. The van der Waals surface area contributed by atoms with Crippen molar-refractivity contribution in [2.45, 2.75) is 31.8 Å². The second kappa shape index (κ2) is 5.04. The van der Waals surface area contributed by atoms with E-state index in [1.54, 1.807) is 6.92 Å². The molecule has 15 heavy (non-hydrogen) atoms. The molecule has 1 amide bonds. The highest BCUT2D eigenvalue weighted by molar-refractivity contribution is 6.27. The van der Waals surface area contributed by atoms with Crippen molar-refractivity contribution in [3.8, 4) is 11.8 Å². The lowest BCUT2D eigenvalue weighted by Crippen LogP contribution is -2.45. The number of amides is 1. The second-order valence-electron chi connectivity index (χ2n) is 3.28. The molecule has 1 fully saturated rings. The Morgan fingerprint density at radius 3 is 2.67 bits per heavy atom. The maximum absolute atomic E-state index is 11.5. The molecule has 82 valence electrons. The number of alkyl halides is 1. The van der Waals surface area contributed by atoms with Crippen molar-refractivity contribution >= 4 is 23.5 Å². The van der Waals surface area contributed by atoms with Crippen molar-refractivity contribution in [1.29, 1.82) is 0 Å². The topological polar surface area (TPSA) is 57.6 Å². The largest absolute Gasteiger partial charge is 0.480 e. The zero-order valence-corrected chi connectivity index (χ0v) is 9.12. The molecule has 0 unspecified atom stereocenters. The number of carbonyl (C=O) groups is 2.